The second-order valence-corrected chi connectivity index (χ2v) is 20.2. The average molecular weight is 751 g/mol. The Balaban J connectivity index is 0.00000116. The van der Waals surface area contributed by atoms with Crippen molar-refractivity contribution in [2.45, 2.75) is 81.6 Å². The molecule has 0 heterocycles. The second-order valence-electron chi connectivity index (χ2n) is 16.5. The van der Waals surface area contributed by atoms with E-state index in [9.17, 15) is 0 Å². The molecule has 0 spiro atoms. The Hall–Kier alpha value is -1.14. The number of allylic oxidation sites excluding steroid dienone is 8. The van der Waals surface area contributed by atoms with E-state index in [0.717, 1.165) is 23.7 Å². The summed E-state index contributed by atoms with van der Waals surface area (Å²) >= 11 is -0.826. The first kappa shape index (κ1) is 40.3. The van der Waals surface area contributed by atoms with E-state index in [0.29, 0.717) is 23.7 Å². The van der Waals surface area contributed by atoms with Crippen LogP contribution >= 0.6 is 17.0 Å². The molecule has 0 amide bonds. The molecule has 8 unspecified atom stereocenters. The van der Waals surface area contributed by atoms with Gasteiger partial charge in [0, 0.05) is 0 Å². The summed E-state index contributed by atoms with van der Waals surface area (Å²) in [5.41, 5.74) is 11.1. The van der Waals surface area contributed by atoms with Gasteiger partial charge in [0.15, 0.2) is 0 Å². The molecule has 0 aromatic heterocycles. The molecular weight excluding hydrogens is 691 g/mol. The molecule has 47 heavy (non-hydrogen) atoms. The van der Waals surface area contributed by atoms with E-state index >= 15 is 0 Å². The zero-order valence-corrected chi connectivity index (χ0v) is 35.0. The van der Waals surface area contributed by atoms with Crippen LogP contribution in [0.25, 0.3) is 11.1 Å². The van der Waals surface area contributed by atoms with Crippen molar-refractivity contribution in [1.29, 1.82) is 0 Å². The van der Waals surface area contributed by atoms with E-state index in [1.807, 2.05) is 0 Å². The van der Waals surface area contributed by atoms with Crippen molar-refractivity contribution in [3.8, 4) is 0 Å². The average Bonchev–Trinajstić information content (AvgIpc) is 3.47. The van der Waals surface area contributed by atoms with Crippen molar-refractivity contribution in [3.63, 3.8) is 0 Å². The molecule has 0 aliphatic heterocycles. The van der Waals surface area contributed by atoms with Gasteiger partial charge in [-0.3, -0.25) is 0 Å². The number of rotatable bonds is 4. The van der Waals surface area contributed by atoms with Gasteiger partial charge in [-0.25, -0.2) is 0 Å². The number of halogens is 2. The van der Waals surface area contributed by atoms with Crippen molar-refractivity contribution >= 4 is 28.2 Å². The predicted molar refractivity (Wildman–Crippen MR) is 206 cm³/mol. The normalized spacial score (nSPS) is 29.8. The first-order valence-corrected chi connectivity index (χ1v) is 23.5. The summed E-state index contributed by atoms with van der Waals surface area (Å²) in [7, 11) is 9.87. The molecule has 0 saturated heterocycles. The third kappa shape index (κ3) is 8.43. The molecule has 0 nitrogen and oxygen atoms in total. The van der Waals surface area contributed by atoms with Gasteiger partial charge in [0.1, 0.15) is 0 Å². The molecule has 4 aliphatic rings. The van der Waals surface area contributed by atoms with E-state index in [2.05, 4.69) is 141 Å². The number of hydrogen-bond donors (Lipinski definition) is 0. The minimum absolute atomic E-state index is 0. The monoisotopic (exact) mass is 748 g/mol. The van der Waals surface area contributed by atoms with E-state index in [1.54, 1.807) is 22.3 Å². The van der Waals surface area contributed by atoms with Gasteiger partial charge < -0.3 is 14.9 Å². The number of hydrogen-bond acceptors (Lipinski definition) is 0. The van der Waals surface area contributed by atoms with Crippen LogP contribution in [0, 0.1) is 73.0 Å². The van der Waals surface area contributed by atoms with Gasteiger partial charge in [0.05, 0.1) is 0 Å². The summed E-state index contributed by atoms with van der Waals surface area (Å²) in [6.45, 7) is 22.0. The fourth-order valence-electron chi connectivity index (χ4n) is 9.56. The van der Waals surface area contributed by atoms with Gasteiger partial charge in [0.2, 0.25) is 0 Å². The summed E-state index contributed by atoms with van der Waals surface area (Å²) in [4.78, 5) is 0. The molecule has 2 aromatic carbocycles. The zero-order chi connectivity index (χ0) is 32.7. The van der Waals surface area contributed by atoms with Crippen molar-refractivity contribution in [3.05, 3.63) is 122 Å². The Kier molecular flexibility index (Phi) is 13.9. The Labute approximate surface area is 308 Å². The fraction of sp³-hybridized carbons (Fsp3) is 0.500. The van der Waals surface area contributed by atoms with Crippen LogP contribution in [0.4, 0.5) is 0 Å². The minimum atomic E-state index is -0.826. The van der Waals surface area contributed by atoms with E-state index in [4.69, 9.17) is 17.0 Å². The van der Waals surface area contributed by atoms with Crippen molar-refractivity contribution in [1.82, 2.24) is 0 Å². The molecule has 254 valence electrons. The summed E-state index contributed by atoms with van der Waals surface area (Å²) in [5, 5.41) is 0. The van der Waals surface area contributed by atoms with Crippen LogP contribution in [0.3, 0.4) is 0 Å². The van der Waals surface area contributed by atoms with Crippen molar-refractivity contribution < 1.29 is 20.8 Å². The molecule has 2 saturated carbocycles. The van der Waals surface area contributed by atoms with Crippen LogP contribution < -0.4 is 0 Å². The third-order valence-electron chi connectivity index (χ3n) is 11.7. The molecule has 0 radical (unpaired) electrons. The van der Waals surface area contributed by atoms with Gasteiger partial charge in [-0.05, 0) is 123 Å². The Morgan fingerprint density at radius 3 is 1.64 bits per heavy atom. The maximum absolute atomic E-state index is 4.93. The molecule has 2 aromatic rings. The summed E-state index contributed by atoms with van der Waals surface area (Å²) in [6.07, 6.45) is 12.1. The first-order chi connectivity index (χ1) is 21.3. The summed E-state index contributed by atoms with van der Waals surface area (Å²) in [5.74, 6) is 5.52. The molecule has 3 heteroatoms. The maximum atomic E-state index is 4.93. The van der Waals surface area contributed by atoms with Gasteiger partial charge in [-0.15, -0.1) is 0 Å². The van der Waals surface area contributed by atoms with Gasteiger partial charge in [-0.1, -0.05) is 134 Å². The standard InChI is InChI=1S/C42H54.2CH3.2ClH.Zr/c1-26-20-35-34(29-16-12-10-13-17-29)22-31(41(4,5)6)23-36(35)32(26)24-33-27(2)21-38-37(33)25-39(42(7,8)9)28(3)40(38)30-18-14-11-15-19-30;;;;;/h10-19,22-23,25-27,32-33,35-38H,20-21,24H2,1-9H3;2*1H3;2*1H;/q;2*-1;;;+4/p-2. The van der Waals surface area contributed by atoms with Crippen LogP contribution in [0.2, 0.25) is 0 Å². The van der Waals surface area contributed by atoms with E-state index in [-0.39, 0.29) is 25.7 Å². The van der Waals surface area contributed by atoms with E-state index < -0.39 is 20.8 Å². The molecular formula is C44H60Cl2Zr. The molecule has 0 N–H and O–H groups in total. The third-order valence-corrected chi connectivity index (χ3v) is 11.7. The molecule has 4 aliphatic carbocycles. The fourth-order valence-corrected chi connectivity index (χ4v) is 9.56. The molecule has 0 bridgehead atoms. The van der Waals surface area contributed by atoms with Crippen molar-refractivity contribution in [2.24, 2.45) is 58.2 Å². The molecule has 8 atom stereocenters. The van der Waals surface area contributed by atoms with Crippen molar-refractivity contribution in [2.75, 3.05) is 0 Å². The zero-order valence-electron chi connectivity index (χ0n) is 31.0. The quantitative estimate of drug-likeness (QED) is 0.273. The molecule has 2 fully saturated rings. The Morgan fingerprint density at radius 1 is 0.681 bits per heavy atom. The van der Waals surface area contributed by atoms with Gasteiger partial charge >= 0.3 is 37.9 Å². The van der Waals surface area contributed by atoms with Crippen LogP contribution in [-0.4, -0.2) is 0 Å². The Bertz CT molecular complexity index is 1450. The molecule has 6 rings (SSSR count). The van der Waals surface area contributed by atoms with Crippen LogP contribution in [0.1, 0.15) is 92.7 Å². The topological polar surface area (TPSA) is 0 Å². The second kappa shape index (κ2) is 16.3. The van der Waals surface area contributed by atoms with Gasteiger partial charge in [-0.2, -0.15) is 0 Å². The summed E-state index contributed by atoms with van der Waals surface area (Å²) in [6, 6.07) is 22.6. The SMILES string of the molecule is CC1=C(c2ccccc2)C2CC(C)C(CC3C(C)CC4C(c5ccccc5)=CC(C(C)(C)C)=CC43)C2C=C1C(C)(C)C.[CH3-].[CH3-].[Cl][Zr+2][Cl]. The Morgan fingerprint density at radius 2 is 1.15 bits per heavy atom. The number of fused-ring (bicyclic) bond motifs is 2. The van der Waals surface area contributed by atoms with Crippen LogP contribution in [0.5, 0.6) is 0 Å². The summed E-state index contributed by atoms with van der Waals surface area (Å²) < 4.78 is 0. The van der Waals surface area contributed by atoms with E-state index in [1.165, 1.54) is 36.0 Å². The predicted octanol–water partition coefficient (Wildman–Crippen LogP) is 14.0. The van der Waals surface area contributed by atoms with Crippen LogP contribution in [0.15, 0.2) is 95.6 Å². The van der Waals surface area contributed by atoms with Crippen LogP contribution in [-0.2, 0) is 20.8 Å². The number of benzene rings is 2. The van der Waals surface area contributed by atoms with Gasteiger partial charge in [0.25, 0.3) is 0 Å². The first-order valence-electron chi connectivity index (χ1n) is 17.2.